The van der Waals surface area contributed by atoms with Crippen molar-refractivity contribution in [1.82, 2.24) is 4.98 Å². The summed E-state index contributed by atoms with van der Waals surface area (Å²) in [5.41, 5.74) is 7.94. The van der Waals surface area contributed by atoms with E-state index in [1.807, 2.05) is 26.0 Å². The number of hydrogen-bond acceptors (Lipinski definition) is 2. The number of aromatic nitrogens is 1. The molecule has 0 bridgehead atoms. The topological polar surface area (TPSA) is 57.6 Å². The molecule has 0 atom stereocenters. The van der Waals surface area contributed by atoms with Crippen LogP contribution in [0.15, 0.2) is 34.3 Å². The zero-order valence-corrected chi connectivity index (χ0v) is 18.3. The summed E-state index contributed by atoms with van der Waals surface area (Å²) in [6.45, 7) is 11.5. The average Bonchev–Trinajstić information content (AvgIpc) is 3.01. The molecular weight excluding hydrogens is 413 g/mol. The van der Waals surface area contributed by atoms with E-state index in [-0.39, 0.29) is 19.0 Å². The Balaban J connectivity index is 0.00000105. The first-order chi connectivity index (χ1) is 12.2. The molecule has 1 aromatic heterocycles. The molecule has 0 spiro atoms. The van der Waals surface area contributed by atoms with Crippen molar-refractivity contribution in [2.75, 3.05) is 0 Å². The summed E-state index contributed by atoms with van der Waals surface area (Å²) in [5.74, 6) is -0.199. The molecular formula is C19H23Cl2FeN3O. The Morgan fingerprint density at radius 3 is 1.88 bits per heavy atom. The first-order valence-electron chi connectivity index (χ1n) is 7.93. The molecule has 4 nitrogen and oxygen atoms in total. The van der Waals surface area contributed by atoms with Crippen LogP contribution in [0, 0.1) is 20.8 Å². The van der Waals surface area contributed by atoms with Crippen LogP contribution in [0.25, 0.3) is 0 Å². The van der Waals surface area contributed by atoms with Gasteiger partial charge in [0.15, 0.2) is 0 Å². The van der Waals surface area contributed by atoms with Gasteiger partial charge >= 0.3 is 33.3 Å². The van der Waals surface area contributed by atoms with Crippen molar-refractivity contribution >= 4 is 43.2 Å². The Kier molecular flexibility index (Phi) is 9.31. The van der Waals surface area contributed by atoms with Crippen molar-refractivity contribution < 1.29 is 17.9 Å². The summed E-state index contributed by atoms with van der Waals surface area (Å²) < 4.78 is 0. The molecule has 26 heavy (non-hydrogen) atoms. The Bertz CT molecular complexity index is 818. The minimum atomic E-state index is -0.199. The standard InChI is InChI=1S/C19H23N3O.2ClH.Fe/c1-11-9-12(2)19(13(3)10-11)21-15(5)18-8-7-17(22-18)14(4)20-16(6)23;;;/h7-10,22H,1-6H3;2*1H;/q;;;+2/p-2. The molecule has 0 radical (unpaired) electrons. The Morgan fingerprint density at radius 1 is 0.962 bits per heavy atom. The van der Waals surface area contributed by atoms with E-state index in [1.165, 1.54) is 23.6 Å². The summed E-state index contributed by atoms with van der Waals surface area (Å²) in [4.78, 5) is 23.1. The van der Waals surface area contributed by atoms with E-state index in [1.54, 1.807) is 0 Å². The number of carbonyl (C=O) groups is 1. The van der Waals surface area contributed by atoms with Crippen LogP contribution in [0.3, 0.4) is 0 Å². The van der Waals surface area contributed by atoms with E-state index in [4.69, 9.17) is 25.2 Å². The normalized spacial score (nSPS) is 12.0. The van der Waals surface area contributed by atoms with Gasteiger partial charge in [0, 0.05) is 6.92 Å². The summed E-state index contributed by atoms with van der Waals surface area (Å²) in [5, 5.41) is 0. The number of H-pyrrole nitrogens is 1. The third-order valence-corrected chi connectivity index (χ3v) is 3.71. The van der Waals surface area contributed by atoms with Gasteiger partial charge in [0.1, 0.15) is 0 Å². The fourth-order valence-electron chi connectivity index (χ4n) is 2.69. The van der Waals surface area contributed by atoms with Gasteiger partial charge in [-0.1, -0.05) is 17.7 Å². The van der Waals surface area contributed by atoms with Gasteiger partial charge < -0.3 is 4.98 Å². The second kappa shape index (κ2) is 10.7. The molecule has 0 aliphatic heterocycles. The quantitative estimate of drug-likeness (QED) is 0.479. The second-order valence-corrected chi connectivity index (χ2v) is 7.82. The molecule has 0 aliphatic carbocycles. The van der Waals surface area contributed by atoms with Gasteiger partial charge in [0.05, 0.1) is 28.5 Å². The maximum atomic E-state index is 11.1. The van der Waals surface area contributed by atoms with Gasteiger partial charge in [0.2, 0.25) is 5.91 Å². The molecule has 1 aromatic carbocycles. The molecule has 2 aromatic rings. The van der Waals surface area contributed by atoms with E-state index in [0.29, 0.717) is 5.71 Å². The van der Waals surface area contributed by atoms with Gasteiger partial charge in [-0.05, 0) is 57.9 Å². The first-order valence-corrected chi connectivity index (χ1v) is 11.0. The van der Waals surface area contributed by atoms with Crippen molar-refractivity contribution in [1.29, 1.82) is 0 Å². The Hall–Kier alpha value is -1.39. The van der Waals surface area contributed by atoms with Crippen LogP contribution in [0.2, 0.25) is 0 Å². The van der Waals surface area contributed by atoms with Crippen molar-refractivity contribution in [3.05, 3.63) is 52.3 Å². The molecule has 0 unspecified atom stereocenters. The average molecular weight is 436 g/mol. The number of benzene rings is 1. The van der Waals surface area contributed by atoms with E-state index < -0.39 is 0 Å². The molecule has 7 heteroatoms. The number of hydrogen-bond donors (Lipinski definition) is 1. The molecule has 142 valence electrons. The van der Waals surface area contributed by atoms with Crippen LogP contribution >= 0.6 is 20.2 Å². The first kappa shape index (κ1) is 22.7. The van der Waals surface area contributed by atoms with Gasteiger partial charge in [-0.3, -0.25) is 9.79 Å². The fraction of sp³-hybridized carbons (Fsp3) is 0.316. The molecule has 1 amide bonds. The molecule has 0 aliphatic rings. The molecule has 0 saturated carbocycles. The molecule has 1 N–H and O–H groups in total. The molecule has 2 rings (SSSR count). The van der Waals surface area contributed by atoms with Crippen LogP contribution < -0.4 is 0 Å². The molecule has 0 fully saturated rings. The predicted octanol–water partition coefficient (Wildman–Crippen LogP) is 5.81. The predicted molar refractivity (Wildman–Crippen MR) is 108 cm³/mol. The van der Waals surface area contributed by atoms with Crippen molar-refractivity contribution in [3.8, 4) is 0 Å². The maximum absolute atomic E-state index is 11.1. The molecule has 0 saturated heterocycles. The zero-order chi connectivity index (χ0) is 19.9. The van der Waals surface area contributed by atoms with E-state index in [0.717, 1.165) is 22.8 Å². The summed E-state index contributed by atoms with van der Waals surface area (Å²) in [6, 6.07) is 8.17. The van der Waals surface area contributed by atoms with E-state index in [2.05, 4.69) is 42.9 Å². The monoisotopic (exact) mass is 435 g/mol. The summed E-state index contributed by atoms with van der Waals surface area (Å²) >= 11 is 0.194. The third kappa shape index (κ3) is 6.73. The number of halogens is 2. The number of nitrogens with one attached hydrogen (secondary N) is 1. The zero-order valence-electron chi connectivity index (χ0n) is 15.7. The summed E-state index contributed by atoms with van der Waals surface area (Å²) in [6.07, 6.45) is 0. The number of aliphatic imine (C=N–C) groups is 2. The van der Waals surface area contributed by atoms with Crippen LogP contribution in [0.4, 0.5) is 5.69 Å². The third-order valence-electron chi connectivity index (χ3n) is 3.71. The number of carbonyl (C=O) groups excluding carboxylic acids is 1. The fourth-order valence-corrected chi connectivity index (χ4v) is 2.69. The Morgan fingerprint density at radius 2 is 1.42 bits per heavy atom. The van der Waals surface area contributed by atoms with E-state index >= 15 is 0 Å². The van der Waals surface area contributed by atoms with Gasteiger partial charge in [-0.25, -0.2) is 4.99 Å². The molecule has 1 heterocycles. The second-order valence-electron chi connectivity index (χ2n) is 6.00. The van der Waals surface area contributed by atoms with Gasteiger partial charge in [-0.2, -0.15) is 0 Å². The van der Waals surface area contributed by atoms with Crippen LogP contribution in [-0.4, -0.2) is 22.3 Å². The van der Waals surface area contributed by atoms with Gasteiger partial charge in [0.25, 0.3) is 0 Å². The number of rotatable bonds is 3. The summed E-state index contributed by atoms with van der Waals surface area (Å²) in [7, 11) is 9.53. The van der Waals surface area contributed by atoms with Gasteiger partial charge in [-0.15, -0.1) is 0 Å². The SMILES string of the molecule is CC(=O)N=C(C)c1ccc(C(C)=Nc2c(C)cc(C)cc2C)[nH]1.[Cl][Fe][Cl]. The van der Waals surface area contributed by atoms with Crippen LogP contribution in [-0.2, 0) is 17.9 Å². The van der Waals surface area contributed by atoms with Crippen molar-refractivity contribution in [2.24, 2.45) is 9.98 Å². The minimum absolute atomic E-state index is 0.194. The number of nitrogens with zero attached hydrogens (tertiary/aromatic N) is 2. The van der Waals surface area contributed by atoms with Crippen LogP contribution in [0.5, 0.6) is 0 Å². The number of amides is 1. The van der Waals surface area contributed by atoms with Crippen molar-refractivity contribution in [2.45, 2.75) is 41.5 Å². The van der Waals surface area contributed by atoms with Crippen molar-refractivity contribution in [3.63, 3.8) is 0 Å². The van der Waals surface area contributed by atoms with E-state index in [9.17, 15) is 4.79 Å². The Labute approximate surface area is 169 Å². The number of aryl methyl sites for hydroxylation is 3. The van der Waals surface area contributed by atoms with Crippen LogP contribution in [0.1, 0.15) is 48.8 Å². The number of aromatic amines is 1.